The fourth-order valence-electron chi connectivity index (χ4n) is 2.71. The third-order valence-electron chi connectivity index (χ3n) is 4.12. The van der Waals surface area contributed by atoms with Crippen molar-refractivity contribution in [3.8, 4) is 28.1 Å². The molecule has 3 N–H and O–H groups in total. The number of rotatable bonds is 4. The van der Waals surface area contributed by atoms with Gasteiger partial charge in [0.25, 0.3) is 5.56 Å². The highest BCUT2D eigenvalue weighted by Crippen LogP contribution is 2.32. The van der Waals surface area contributed by atoms with Crippen molar-refractivity contribution in [1.29, 1.82) is 0 Å². The summed E-state index contributed by atoms with van der Waals surface area (Å²) in [7, 11) is 3.86. The third kappa shape index (κ3) is 3.30. The number of aromatic hydroxyl groups is 1. The molecule has 6 nitrogen and oxygen atoms in total. The van der Waals surface area contributed by atoms with Crippen LogP contribution >= 0.6 is 0 Å². The summed E-state index contributed by atoms with van der Waals surface area (Å²) in [6.45, 7) is 0. The topological polar surface area (TPSA) is 93.6 Å². The Balaban J connectivity index is 2.23. The number of anilines is 1. The van der Waals surface area contributed by atoms with Gasteiger partial charge in [0.2, 0.25) is 0 Å². The van der Waals surface area contributed by atoms with Crippen molar-refractivity contribution in [2.75, 3.05) is 19.0 Å². The number of carbonyl (C=O) groups is 1. The van der Waals surface area contributed by atoms with Crippen molar-refractivity contribution in [2.24, 2.45) is 0 Å². The number of benzene rings is 2. The van der Waals surface area contributed by atoms with Crippen molar-refractivity contribution >= 4 is 11.7 Å². The number of phenolic OH excluding ortho intramolecular Hbond substituents is 1. The van der Waals surface area contributed by atoms with Crippen LogP contribution in [-0.2, 0) is 0 Å². The van der Waals surface area contributed by atoms with Crippen LogP contribution in [0.1, 0.15) is 10.4 Å². The number of hydrogen-bond donors (Lipinski definition) is 3. The van der Waals surface area contributed by atoms with E-state index >= 15 is 0 Å². The summed E-state index contributed by atoms with van der Waals surface area (Å²) < 4.78 is 0. The van der Waals surface area contributed by atoms with Gasteiger partial charge in [-0.1, -0.05) is 24.3 Å². The number of H-pyrrole nitrogens is 1. The highest BCUT2D eigenvalue weighted by Gasteiger charge is 2.16. The fourth-order valence-corrected chi connectivity index (χ4v) is 2.71. The number of phenols is 1. The Hall–Kier alpha value is -3.54. The Kier molecular flexibility index (Phi) is 4.49. The van der Waals surface area contributed by atoms with E-state index in [0.29, 0.717) is 16.8 Å². The van der Waals surface area contributed by atoms with Gasteiger partial charge in [0.05, 0.1) is 5.69 Å². The number of nitrogens with one attached hydrogen (secondary N) is 1. The maximum atomic E-state index is 12.2. The first kappa shape index (κ1) is 17.3. The first-order valence-corrected chi connectivity index (χ1v) is 7.94. The average Bonchev–Trinajstić information content (AvgIpc) is 2.62. The molecule has 26 heavy (non-hydrogen) atoms. The summed E-state index contributed by atoms with van der Waals surface area (Å²) in [4.78, 5) is 28.2. The number of aromatic nitrogens is 1. The molecule has 132 valence electrons. The Labute approximate surface area is 150 Å². The highest BCUT2D eigenvalue weighted by atomic mass is 16.4. The molecular weight excluding hydrogens is 332 g/mol. The monoisotopic (exact) mass is 350 g/mol. The minimum Gasteiger partial charge on any atom is -0.508 e. The normalized spacial score (nSPS) is 10.5. The molecule has 0 spiro atoms. The van der Waals surface area contributed by atoms with E-state index in [1.54, 1.807) is 12.1 Å². The van der Waals surface area contributed by atoms with Gasteiger partial charge in [0.1, 0.15) is 11.3 Å². The predicted molar refractivity (Wildman–Crippen MR) is 101 cm³/mol. The molecular formula is C20H18N2O4. The molecule has 0 unspecified atom stereocenters. The van der Waals surface area contributed by atoms with E-state index in [1.165, 1.54) is 18.2 Å². The van der Waals surface area contributed by atoms with Gasteiger partial charge in [0, 0.05) is 25.3 Å². The fraction of sp³-hybridized carbons (Fsp3) is 0.100. The summed E-state index contributed by atoms with van der Waals surface area (Å²) in [5.41, 5.74) is 2.55. The van der Waals surface area contributed by atoms with E-state index in [4.69, 9.17) is 0 Å². The molecule has 0 bridgehead atoms. The van der Waals surface area contributed by atoms with Gasteiger partial charge in [-0.15, -0.1) is 0 Å². The van der Waals surface area contributed by atoms with Crippen LogP contribution in [0.4, 0.5) is 5.69 Å². The van der Waals surface area contributed by atoms with Crippen LogP contribution in [0.15, 0.2) is 59.4 Å². The molecule has 0 radical (unpaired) electrons. The van der Waals surface area contributed by atoms with Gasteiger partial charge in [-0.2, -0.15) is 0 Å². The molecule has 1 heterocycles. The maximum Gasteiger partial charge on any atom is 0.341 e. The lowest BCUT2D eigenvalue weighted by atomic mass is 9.97. The first-order valence-electron chi connectivity index (χ1n) is 7.94. The smallest absolute Gasteiger partial charge is 0.341 e. The third-order valence-corrected chi connectivity index (χ3v) is 4.12. The van der Waals surface area contributed by atoms with Crippen molar-refractivity contribution in [3.63, 3.8) is 0 Å². The lowest BCUT2D eigenvalue weighted by Crippen LogP contribution is -2.18. The number of pyridine rings is 1. The SMILES string of the molecule is CN(C)c1ccc(-c2[nH]c(=O)c(C(=O)O)cc2-c2ccc(O)cc2)cc1. The van der Waals surface area contributed by atoms with Crippen molar-refractivity contribution < 1.29 is 15.0 Å². The number of aromatic carboxylic acids is 1. The summed E-state index contributed by atoms with van der Waals surface area (Å²) >= 11 is 0. The van der Waals surface area contributed by atoms with Crippen LogP contribution in [0, 0.1) is 0 Å². The molecule has 1 aromatic heterocycles. The molecule has 2 aromatic carbocycles. The van der Waals surface area contributed by atoms with Crippen LogP contribution in [-0.4, -0.2) is 35.3 Å². The van der Waals surface area contributed by atoms with E-state index in [1.807, 2.05) is 43.3 Å². The maximum absolute atomic E-state index is 12.2. The van der Waals surface area contributed by atoms with Gasteiger partial charge >= 0.3 is 5.97 Å². The Morgan fingerprint density at radius 3 is 2.08 bits per heavy atom. The molecule has 0 aliphatic heterocycles. The summed E-state index contributed by atoms with van der Waals surface area (Å²) in [5.74, 6) is -1.19. The van der Waals surface area contributed by atoms with E-state index in [9.17, 15) is 19.8 Å². The Bertz CT molecular complexity index is 1000. The largest absolute Gasteiger partial charge is 0.508 e. The molecule has 6 heteroatoms. The number of hydrogen-bond acceptors (Lipinski definition) is 4. The molecule has 0 amide bonds. The molecule has 0 saturated heterocycles. The molecule has 0 aliphatic rings. The minimum absolute atomic E-state index is 0.105. The van der Waals surface area contributed by atoms with Crippen LogP contribution in [0.25, 0.3) is 22.4 Å². The van der Waals surface area contributed by atoms with E-state index in [0.717, 1.165) is 11.3 Å². The van der Waals surface area contributed by atoms with E-state index in [-0.39, 0.29) is 11.3 Å². The zero-order valence-corrected chi connectivity index (χ0v) is 14.4. The highest BCUT2D eigenvalue weighted by molar-refractivity contribution is 5.91. The lowest BCUT2D eigenvalue weighted by molar-refractivity contribution is 0.0695. The standard InChI is InChI=1S/C20H18N2O4/c1-22(2)14-7-3-13(4-8-14)18-16(12-5-9-15(23)10-6-12)11-17(20(25)26)19(24)21-18/h3-11,23H,1-2H3,(H,21,24)(H,25,26). The minimum atomic E-state index is -1.29. The average molecular weight is 350 g/mol. The second-order valence-electron chi connectivity index (χ2n) is 6.09. The number of aromatic amines is 1. The van der Waals surface area contributed by atoms with Crippen molar-refractivity contribution in [3.05, 3.63) is 70.5 Å². The first-order chi connectivity index (χ1) is 12.4. The van der Waals surface area contributed by atoms with Crippen molar-refractivity contribution in [2.45, 2.75) is 0 Å². The number of carboxylic acid groups (broad SMARTS) is 1. The van der Waals surface area contributed by atoms with Crippen molar-refractivity contribution in [1.82, 2.24) is 4.98 Å². The Morgan fingerprint density at radius 1 is 0.962 bits per heavy atom. The van der Waals surface area contributed by atoms with Gasteiger partial charge in [-0.3, -0.25) is 4.79 Å². The van der Waals surface area contributed by atoms with Crippen LogP contribution < -0.4 is 10.5 Å². The second kappa shape index (κ2) is 6.76. The van der Waals surface area contributed by atoms with Gasteiger partial charge in [0.15, 0.2) is 0 Å². The molecule has 3 rings (SSSR count). The zero-order valence-electron chi connectivity index (χ0n) is 14.4. The van der Waals surface area contributed by atoms with Gasteiger partial charge in [-0.25, -0.2) is 4.79 Å². The van der Waals surface area contributed by atoms with Crippen LogP contribution in [0.3, 0.4) is 0 Å². The van der Waals surface area contributed by atoms with E-state index < -0.39 is 11.5 Å². The number of nitrogens with zero attached hydrogens (tertiary/aromatic N) is 1. The Morgan fingerprint density at radius 2 is 1.54 bits per heavy atom. The molecule has 0 saturated carbocycles. The predicted octanol–water partition coefficient (Wildman–Crippen LogP) is 3.18. The van der Waals surface area contributed by atoms with E-state index in [2.05, 4.69) is 4.98 Å². The molecule has 0 aliphatic carbocycles. The molecule has 0 atom stereocenters. The van der Waals surface area contributed by atoms with Crippen LogP contribution in [0.2, 0.25) is 0 Å². The van der Waals surface area contributed by atoms with Gasteiger partial charge in [-0.05, 0) is 41.5 Å². The summed E-state index contributed by atoms with van der Waals surface area (Å²) in [6, 6.07) is 15.3. The lowest BCUT2D eigenvalue weighted by Gasteiger charge is -2.15. The molecule has 0 fully saturated rings. The number of carboxylic acids is 1. The quantitative estimate of drug-likeness (QED) is 0.672. The zero-order chi connectivity index (χ0) is 18.8. The second-order valence-corrected chi connectivity index (χ2v) is 6.09. The molecule has 3 aromatic rings. The summed E-state index contributed by atoms with van der Waals surface area (Å²) in [6.07, 6.45) is 0. The van der Waals surface area contributed by atoms with Gasteiger partial charge < -0.3 is 20.1 Å². The summed E-state index contributed by atoms with van der Waals surface area (Å²) in [5, 5.41) is 18.8. The van der Waals surface area contributed by atoms with Crippen LogP contribution in [0.5, 0.6) is 5.75 Å².